The lowest BCUT2D eigenvalue weighted by molar-refractivity contribution is -0.131. The number of carbonyl (C=O) groups excluding carboxylic acids is 1. The van der Waals surface area contributed by atoms with E-state index in [1.54, 1.807) is 35.0 Å². The summed E-state index contributed by atoms with van der Waals surface area (Å²) in [5.41, 5.74) is 2.69. The third-order valence-corrected chi connectivity index (χ3v) is 4.96. The lowest BCUT2D eigenvalue weighted by Crippen LogP contribution is -2.31. The van der Waals surface area contributed by atoms with E-state index < -0.39 is 0 Å². The van der Waals surface area contributed by atoms with Crippen LogP contribution in [0.2, 0.25) is 10.0 Å². The molecule has 26 heavy (non-hydrogen) atoms. The lowest BCUT2D eigenvalue weighted by atomic mass is 10.1. The van der Waals surface area contributed by atoms with Gasteiger partial charge in [0.15, 0.2) is 0 Å². The molecule has 0 aliphatic rings. The second-order valence-corrected chi connectivity index (χ2v) is 7.00. The third kappa shape index (κ3) is 4.09. The van der Waals surface area contributed by atoms with Gasteiger partial charge in [0.05, 0.1) is 24.3 Å². The molecule has 3 rings (SSSR count). The smallest absolute Gasteiger partial charge is 0.227 e. The van der Waals surface area contributed by atoms with Gasteiger partial charge in [-0.2, -0.15) is 5.10 Å². The Labute approximate surface area is 163 Å². The number of benzene rings is 2. The predicted octanol–water partition coefficient (Wildman–Crippen LogP) is 4.94. The van der Waals surface area contributed by atoms with Gasteiger partial charge in [-0.15, -0.1) is 0 Å². The summed E-state index contributed by atoms with van der Waals surface area (Å²) in [5.74, 6) is -0.00358. The van der Waals surface area contributed by atoms with Crippen LogP contribution in [0.5, 0.6) is 0 Å². The number of halogens is 2. The van der Waals surface area contributed by atoms with E-state index in [0.717, 1.165) is 16.8 Å². The molecule has 1 aromatic heterocycles. The molecule has 3 aromatic rings. The molecule has 0 N–H and O–H groups in total. The molecule has 1 heterocycles. The standard InChI is InChI=1S/C20H19Cl2N3O/c1-14(18-9-8-16(21)11-19(18)22)24(2)20(26)10-15-12-23-25(13-15)17-6-4-3-5-7-17/h3-9,11-14H,10H2,1-2H3. The molecular weight excluding hydrogens is 369 g/mol. The number of rotatable bonds is 5. The van der Waals surface area contributed by atoms with Gasteiger partial charge in [0.2, 0.25) is 5.91 Å². The van der Waals surface area contributed by atoms with Crippen LogP contribution in [0.1, 0.15) is 24.1 Å². The number of amides is 1. The van der Waals surface area contributed by atoms with Crippen LogP contribution < -0.4 is 0 Å². The van der Waals surface area contributed by atoms with Gasteiger partial charge in [-0.1, -0.05) is 47.5 Å². The number of likely N-dealkylation sites (N-methyl/N-ethyl adjacent to an activating group) is 1. The number of hydrogen-bond acceptors (Lipinski definition) is 2. The van der Waals surface area contributed by atoms with Crippen molar-refractivity contribution in [1.29, 1.82) is 0 Å². The quantitative estimate of drug-likeness (QED) is 0.621. The van der Waals surface area contributed by atoms with Crippen LogP contribution in [-0.2, 0) is 11.2 Å². The van der Waals surface area contributed by atoms with E-state index in [-0.39, 0.29) is 18.4 Å². The second kappa shape index (κ2) is 7.94. The molecule has 0 spiro atoms. The van der Waals surface area contributed by atoms with Crippen LogP contribution in [0.15, 0.2) is 60.9 Å². The molecule has 0 aliphatic heterocycles. The molecule has 1 amide bonds. The average Bonchev–Trinajstić information content (AvgIpc) is 3.10. The molecule has 6 heteroatoms. The topological polar surface area (TPSA) is 38.1 Å². The van der Waals surface area contributed by atoms with Crippen molar-refractivity contribution in [2.24, 2.45) is 0 Å². The van der Waals surface area contributed by atoms with Crippen molar-refractivity contribution in [2.75, 3.05) is 7.05 Å². The first-order chi connectivity index (χ1) is 12.5. The van der Waals surface area contributed by atoms with Crippen LogP contribution in [0.25, 0.3) is 5.69 Å². The molecule has 0 saturated heterocycles. The maximum Gasteiger partial charge on any atom is 0.227 e. The average molecular weight is 388 g/mol. The Bertz CT molecular complexity index is 908. The maximum atomic E-state index is 12.7. The van der Waals surface area contributed by atoms with Crippen LogP contribution in [0, 0.1) is 0 Å². The summed E-state index contributed by atoms with van der Waals surface area (Å²) in [6.07, 6.45) is 3.87. The van der Waals surface area contributed by atoms with Crippen molar-refractivity contribution in [1.82, 2.24) is 14.7 Å². The molecule has 0 radical (unpaired) electrons. The van der Waals surface area contributed by atoms with E-state index in [1.165, 1.54) is 0 Å². The summed E-state index contributed by atoms with van der Waals surface area (Å²) < 4.78 is 1.77. The SMILES string of the molecule is CC(c1ccc(Cl)cc1Cl)N(C)C(=O)Cc1cnn(-c2ccccc2)c1. The molecular formula is C20H19Cl2N3O. The Morgan fingerprint density at radius 1 is 1.19 bits per heavy atom. The number of nitrogens with zero attached hydrogens (tertiary/aromatic N) is 3. The van der Waals surface area contributed by atoms with Gasteiger partial charge in [0.25, 0.3) is 0 Å². The Morgan fingerprint density at radius 3 is 2.62 bits per heavy atom. The fourth-order valence-electron chi connectivity index (χ4n) is 2.74. The van der Waals surface area contributed by atoms with Crippen LogP contribution in [-0.4, -0.2) is 27.6 Å². The summed E-state index contributed by atoms with van der Waals surface area (Å²) in [4.78, 5) is 14.4. The van der Waals surface area contributed by atoms with E-state index in [9.17, 15) is 4.79 Å². The zero-order chi connectivity index (χ0) is 18.7. The van der Waals surface area contributed by atoms with Gasteiger partial charge >= 0.3 is 0 Å². The molecule has 4 nitrogen and oxygen atoms in total. The van der Waals surface area contributed by atoms with Crippen molar-refractivity contribution in [3.63, 3.8) is 0 Å². The molecule has 0 bridgehead atoms. The Kier molecular flexibility index (Phi) is 5.64. The summed E-state index contributed by atoms with van der Waals surface area (Å²) >= 11 is 12.2. The predicted molar refractivity (Wildman–Crippen MR) is 105 cm³/mol. The van der Waals surface area contributed by atoms with E-state index in [0.29, 0.717) is 10.0 Å². The second-order valence-electron chi connectivity index (χ2n) is 6.15. The first-order valence-electron chi connectivity index (χ1n) is 8.25. The first-order valence-corrected chi connectivity index (χ1v) is 9.01. The minimum atomic E-state index is -0.156. The van der Waals surface area contributed by atoms with Gasteiger partial charge in [-0.3, -0.25) is 4.79 Å². The van der Waals surface area contributed by atoms with Crippen molar-refractivity contribution in [3.05, 3.63) is 82.1 Å². The van der Waals surface area contributed by atoms with Gasteiger partial charge in [0.1, 0.15) is 0 Å². The highest BCUT2D eigenvalue weighted by Crippen LogP contribution is 2.29. The molecule has 1 atom stereocenters. The molecule has 2 aromatic carbocycles. The van der Waals surface area contributed by atoms with Crippen molar-refractivity contribution >= 4 is 29.1 Å². The zero-order valence-corrected chi connectivity index (χ0v) is 16.1. The number of carbonyl (C=O) groups is 1. The fourth-order valence-corrected chi connectivity index (χ4v) is 3.30. The summed E-state index contributed by atoms with van der Waals surface area (Å²) in [5, 5.41) is 5.47. The number of aromatic nitrogens is 2. The minimum absolute atomic E-state index is 0.00358. The zero-order valence-electron chi connectivity index (χ0n) is 14.6. The van der Waals surface area contributed by atoms with Crippen LogP contribution in [0.3, 0.4) is 0 Å². The van der Waals surface area contributed by atoms with Gasteiger partial charge in [-0.05, 0) is 42.3 Å². The molecule has 0 aliphatic carbocycles. The highest BCUT2D eigenvalue weighted by molar-refractivity contribution is 6.35. The van der Waals surface area contributed by atoms with Gasteiger partial charge < -0.3 is 4.90 Å². The van der Waals surface area contributed by atoms with Gasteiger partial charge in [0, 0.05) is 23.3 Å². The Balaban J connectivity index is 1.70. The van der Waals surface area contributed by atoms with E-state index >= 15 is 0 Å². The Hall–Kier alpha value is -2.30. The van der Waals surface area contributed by atoms with E-state index in [2.05, 4.69) is 5.10 Å². The highest BCUT2D eigenvalue weighted by Gasteiger charge is 2.20. The largest absolute Gasteiger partial charge is 0.339 e. The fraction of sp³-hybridized carbons (Fsp3) is 0.200. The third-order valence-electron chi connectivity index (χ3n) is 4.40. The van der Waals surface area contributed by atoms with Crippen molar-refractivity contribution < 1.29 is 4.79 Å². The number of hydrogen-bond donors (Lipinski definition) is 0. The number of para-hydroxylation sites is 1. The van der Waals surface area contributed by atoms with Crippen LogP contribution in [0.4, 0.5) is 0 Å². The Morgan fingerprint density at radius 2 is 1.92 bits per heavy atom. The van der Waals surface area contributed by atoms with E-state index in [1.807, 2.05) is 49.5 Å². The summed E-state index contributed by atoms with van der Waals surface area (Å²) in [7, 11) is 1.78. The highest BCUT2D eigenvalue weighted by atomic mass is 35.5. The minimum Gasteiger partial charge on any atom is -0.339 e. The molecule has 134 valence electrons. The maximum absolute atomic E-state index is 12.7. The van der Waals surface area contributed by atoms with Crippen LogP contribution >= 0.6 is 23.2 Å². The van der Waals surface area contributed by atoms with Crippen molar-refractivity contribution in [3.8, 4) is 5.69 Å². The summed E-state index contributed by atoms with van der Waals surface area (Å²) in [6, 6.07) is 15.0. The normalized spacial score (nSPS) is 12.0. The molecule has 0 saturated carbocycles. The van der Waals surface area contributed by atoms with Gasteiger partial charge in [-0.25, -0.2) is 4.68 Å². The molecule has 1 unspecified atom stereocenters. The van der Waals surface area contributed by atoms with E-state index in [4.69, 9.17) is 23.2 Å². The summed E-state index contributed by atoms with van der Waals surface area (Å²) in [6.45, 7) is 1.94. The lowest BCUT2D eigenvalue weighted by Gasteiger charge is -2.26. The van der Waals surface area contributed by atoms with Crippen molar-refractivity contribution in [2.45, 2.75) is 19.4 Å². The monoisotopic (exact) mass is 387 g/mol. The molecule has 0 fully saturated rings. The first kappa shape index (κ1) is 18.5.